The first kappa shape index (κ1) is 13.5. The van der Waals surface area contributed by atoms with Crippen molar-refractivity contribution in [3.05, 3.63) is 47.5 Å². The maximum atomic E-state index is 13.7. The van der Waals surface area contributed by atoms with Crippen LogP contribution in [0.1, 0.15) is 31.1 Å². The molecule has 0 saturated carbocycles. The molecule has 0 spiro atoms. The lowest BCUT2D eigenvalue weighted by Gasteiger charge is -2.09. The number of rotatable bonds is 5. The molecule has 0 amide bonds. The van der Waals surface area contributed by atoms with Crippen LogP contribution in [-0.2, 0) is 13.2 Å². The van der Waals surface area contributed by atoms with Gasteiger partial charge >= 0.3 is 0 Å². The molecule has 0 radical (unpaired) electrons. The Morgan fingerprint density at radius 1 is 1.47 bits per heavy atom. The van der Waals surface area contributed by atoms with Gasteiger partial charge in [0.1, 0.15) is 6.61 Å². The topological polar surface area (TPSA) is 47.3 Å². The average Bonchev–Trinajstić information content (AvgIpc) is 2.85. The van der Waals surface area contributed by atoms with Crippen molar-refractivity contribution in [3.63, 3.8) is 0 Å². The van der Waals surface area contributed by atoms with Crippen LogP contribution < -0.4 is 4.74 Å². The molecule has 1 atom stereocenters. The summed E-state index contributed by atoms with van der Waals surface area (Å²) in [6.07, 6.45) is 2.87. The van der Waals surface area contributed by atoms with E-state index < -0.39 is 11.9 Å². The second-order valence-electron chi connectivity index (χ2n) is 4.36. The van der Waals surface area contributed by atoms with Crippen LogP contribution in [0.15, 0.2) is 30.6 Å². The number of nitrogens with zero attached hydrogens (tertiary/aromatic N) is 2. The third kappa shape index (κ3) is 3.32. The van der Waals surface area contributed by atoms with Crippen molar-refractivity contribution in [1.29, 1.82) is 0 Å². The summed E-state index contributed by atoms with van der Waals surface area (Å²) in [5.74, 6) is -0.296. The van der Waals surface area contributed by atoms with Crippen LogP contribution in [0.5, 0.6) is 5.75 Å². The fourth-order valence-corrected chi connectivity index (χ4v) is 1.71. The van der Waals surface area contributed by atoms with Gasteiger partial charge in [-0.3, -0.25) is 4.68 Å². The molecule has 0 saturated heterocycles. The van der Waals surface area contributed by atoms with E-state index in [4.69, 9.17) is 4.74 Å². The molecule has 0 aliphatic carbocycles. The number of hydrogen-bond acceptors (Lipinski definition) is 3. The number of halogens is 1. The van der Waals surface area contributed by atoms with Gasteiger partial charge in [0, 0.05) is 18.3 Å². The van der Waals surface area contributed by atoms with Gasteiger partial charge in [-0.1, -0.05) is 6.07 Å². The van der Waals surface area contributed by atoms with Crippen LogP contribution in [-0.4, -0.2) is 14.9 Å². The quantitative estimate of drug-likeness (QED) is 0.903. The number of aromatic nitrogens is 2. The van der Waals surface area contributed by atoms with Gasteiger partial charge in [0.25, 0.3) is 0 Å². The van der Waals surface area contributed by atoms with Gasteiger partial charge in [0.05, 0.1) is 12.3 Å². The number of aliphatic hydroxyl groups is 1. The standard InChI is InChI=1S/C14H17FN2O2/c1-3-17-8-11(7-16-17)9-19-14-5-4-12(10(2)18)6-13(14)15/h4-8,10,18H,3,9H2,1-2H3/t10-/m1/s1. The summed E-state index contributed by atoms with van der Waals surface area (Å²) in [6, 6.07) is 4.47. The second kappa shape index (κ2) is 5.84. The van der Waals surface area contributed by atoms with E-state index in [2.05, 4.69) is 5.10 Å². The van der Waals surface area contributed by atoms with Crippen molar-refractivity contribution in [2.75, 3.05) is 0 Å². The Kier molecular flexibility index (Phi) is 4.16. The minimum atomic E-state index is -0.689. The Bertz CT molecular complexity index is 552. The van der Waals surface area contributed by atoms with Gasteiger partial charge in [-0.25, -0.2) is 4.39 Å². The Morgan fingerprint density at radius 3 is 2.84 bits per heavy atom. The van der Waals surface area contributed by atoms with Crippen LogP contribution in [0, 0.1) is 5.82 Å². The SMILES string of the molecule is CCn1cc(COc2ccc([C@@H](C)O)cc2F)cn1. The summed E-state index contributed by atoms with van der Waals surface area (Å²) in [4.78, 5) is 0. The summed E-state index contributed by atoms with van der Waals surface area (Å²) in [5.41, 5.74) is 1.42. The van der Waals surface area contributed by atoms with Crippen LogP contribution in [0.25, 0.3) is 0 Å². The molecule has 0 fully saturated rings. The Balaban J connectivity index is 2.03. The molecule has 19 heavy (non-hydrogen) atoms. The first-order chi connectivity index (χ1) is 9.10. The highest BCUT2D eigenvalue weighted by atomic mass is 19.1. The summed E-state index contributed by atoms with van der Waals surface area (Å²) in [6.45, 7) is 4.64. The Morgan fingerprint density at radius 2 is 2.26 bits per heavy atom. The van der Waals surface area contributed by atoms with Gasteiger partial charge in [-0.15, -0.1) is 0 Å². The summed E-state index contributed by atoms with van der Waals surface area (Å²) in [5, 5.41) is 13.5. The number of ether oxygens (including phenoxy) is 1. The normalized spacial score (nSPS) is 12.4. The molecular formula is C14H17FN2O2. The van der Waals surface area contributed by atoms with Gasteiger partial charge in [0.2, 0.25) is 0 Å². The predicted octanol–water partition coefficient (Wildman–Crippen LogP) is 2.67. The molecule has 0 unspecified atom stereocenters. The van der Waals surface area contributed by atoms with E-state index >= 15 is 0 Å². The molecule has 0 aliphatic heterocycles. The summed E-state index contributed by atoms with van der Waals surface area (Å²) in [7, 11) is 0. The van der Waals surface area contributed by atoms with Gasteiger partial charge in [0.15, 0.2) is 11.6 Å². The Labute approximate surface area is 111 Å². The maximum absolute atomic E-state index is 13.7. The van der Waals surface area contributed by atoms with E-state index in [-0.39, 0.29) is 12.4 Å². The Hall–Kier alpha value is -1.88. The lowest BCUT2D eigenvalue weighted by Crippen LogP contribution is -1.99. The molecule has 1 heterocycles. The minimum Gasteiger partial charge on any atom is -0.486 e. The second-order valence-corrected chi connectivity index (χ2v) is 4.36. The molecule has 0 aliphatic rings. The van der Waals surface area contributed by atoms with Crippen LogP contribution in [0.3, 0.4) is 0 Å². The lowest BCUT2D eigenvalue weighted by molar-refractivity contribution is 0.198. The molecule has 1 aromatic carbocycles. The molecule has 5 heteroatoms. The van der Waals surface area contributed by atoms with Gasteiger partial charge in [-0.05, 0) is 31.5 Å². The third-order valence-electron chi connectivity index (χ3n) is 2.84. The van der Waals surface area contributed by atoms with Crippen molar-refractivity contribution in [2.45, 2.75) is 33.1 Å². The van der Waals surface area contributed by atoms with Crippen molar-refractivity contribution < 1.29 is 14.2 Å². The lowest BCUT2D eigenvalue weighted by atomic mass is 10.1. The zero-order chi connectivity index (χ0) is 13.8. The van der Waals surface area contributed by atoms with Gasteiger partial charge in [-0.2, -0.15) is 5.10 Å². The molecule has 1 aromatic heterocycles. The van der Waals surface area contributed by atoms with Crippen LogP contribution in [0.4, 0.5) is 4.39 Å². The molecule has 102 valence electrons. The van der Waals surface area contributed by atoms with E-state index in [1.807, 2.05) is 13.1 Å². The summed E-state index contributed by atoms with van der Waals surface area (Å²) >= 11 is 0. The smallest absolute Gasteiger partial charge is 0.165 e. The predicted molar refractivity (Wildman–Crippen MR) is 69.3 cm³/mol. The molecule has 2 rings (SSSR count). The number of hydrogen-bond donors (Lipinski definition) is 1. The van der Waals surface area contributed by atoms with E-state index in [1.54, 1.807) is 23.9 Å². The molecule has 2 aromatic rings. The van der Waals surface area contributed by atoms with Crippen molar-refractivity contribution in [2.24, 2.45) is 0 Å². The van der Waals surface area contributed by atoms with Crippen LogP contribution in [0.2, 0.25) is 0 Å². The third-order valence-corrected chi connectivity index (χ3v) is 2.84. The maximum Gasteiger partial charge on any atom is 0.165 e. The first-order valence-corrected chi connectivity index (χ1v) is 6.21. The van der Waals surface area contributed by atoms with E-state index in [1.165, 1.54) is 12.1 Å². The van der Waals surface area contributed by atoms with E-state index in [0.717, 1.165) is 12.1 Å². The fraction of sp³-hybridized carbons (Fsp3) is 0.357. The zero-order valence-corrected chi connectivity index (χ0v) is 11.0. The highest BCUT2D eigenvalue weighted by molar-refractivity contribution is 5.30. The van der Waals surface area contributed by atoms with E-state index in [0.29, 0.717) is 5.56 Å². The molecule has 4 nitrogen and oxygen atoms in total. The highest BCUT2D eigenvalue weighted by Crippen LogP contribution is 2.22. The molecule has 0 bridgehead atoms. The molecule has 1 N–H and O–H groups in total. The number of aliphatic hydroxyl groups excluding tert-OH is 1. The summed E-state index contributed by atoms with van der Waals surface area (Å²) < 4.78 is 20.9. The van der Waals surface area contributed by atoms with Crippen LogP contribution >= 0.6 is 0 Å². The minimum absolute atomic E-state index is 0.175. The monoisotopic (exact) mass is 264 g/mol. The number of aryl methyl sites for hydroxylation is 1. The van der Waals surface area contributed by atoms with Crippen molar-refractivity contribution in [3.8, 4) is 5.75 Å². The zero-order valence-electron chi connectivity index (χ0n) is 11.0. The highest BCUT2D eigenvalue weighted by Gasteiger charge is 2.08. The number of benzene rings is 1. The fourth-order valence-electron chi connectivity index (χ4n) is 1.71. The first-order valence-electron chi connectivity index (χ1n) is 6.21. The average molecular weight is 264 g/mol. The molecular weight excluding hydrogens is 247 g/mol. The van der Waals surface area contributed by atoms with Crippen molar-refractivity contribution >= 4 is 0 Å². The largest absolute Gasteiger partial charge is 0.486 e. The van der Waals surface area contributed by atoms with Gasteiger partial charge < -0.3 is 9.84 Å². The van der Waals surface area contributed by atoms with Crippen molar-refractivity contribution in [1.82, 2.24) is 9.78 Å². The van der Waals surface area contributed by atoms with E-state index in [9.17, 15) is 9.50 Å².